The zero-order chi connectivity index (χ0) is 24.8. The predicted molar refractivity (Wildman–Crippen MR) is 138 cm³/mol. The van der Waals surface area contributed by atoms with Crippen molar-refractivity contribution in [3.05, 3.63) is 106 Å². The number of esters is 1. The van der Waals surface area contributed by atoms with E-state index >= 15 is 0 Å². The number of carbonyl (C=O) groups is 2. The van der Waals surface area contributed by atoms with Crippen LogP contribution in [0, 0.1) is 6.92 Å². The number of halogens is 2. The first-order valence-corrected chi connectivity index (χ1v) is 11.4. The molecule has 0 bridgehead atoms. The second-order valence-corrected chi connectivity index (χ2v) is 8.45. The van der Waals surface area contributed by atoms with Gasteiger partial charge in [-0.15, -0.1) is 0 Å². The molecule has 0 atom stereocenters. The summed E-state index contributed by atoms with van der Waals surface area (Å²) in [7, 11) is 0. The van der Waals surface area contributed by atoms with E-state index in [2.05, 4.69) is 10.5 Å². The number of nitrogens with one attached hydrogen (secondary N) is 1. The van der Waals surface area contributed by atoms with E-state index in [0.717, 1.165) is 16.3 Å². The van der Waals surface area contributed by atoms with E-state index in [1.54, 1.807) is 18.2 Å². The summed E-state index contributed by atoms with van der Waals surface area (Å²) < 4.78 is 11.1. The SMILES string of the molecule is Cc1cccc(OCC(=O)N/N=C\c2c(OC(=O)c3ccc(Cl)cc3Cl)ccc3ccccc23)c1. The van der Waals surface area contributed by atoms with Crippen LogP contribution in [0.5, 0.6) is 11.5 Å². The fourth-order valence-corrected chi connectivity index (χ4v) is 3.85. The Kier molecular flexibility index (Phi) is 7.65. The molecule has 176 valence electrons. The van der Waals surface area contributed by atoms with Crippen LogP contribution in [-0.4, -0.2) is 24.7 Å². The third-order valence-electron chi connectivity index (χ3n) is 5.03. The average Bonchev–Trinajstić information content (AvgIpc) is 2.84. The summed E-state index contributed by atoms with van der Waals surface area (Å²) in [5.74, 6) is -0.233. The quantitative estimate of drug-likeness (QED) is 0.140. The van der Waals surface area contributed by atoms with Gasteiger partial charge in [0.1, 0.15) is 11.5 Å². The molecule has 0 heterocycles. The summed E-state index contributed by atoms with van der Waals surface area (Å²) in [6.07, 6.45) is 1.43. The summed E-state index contributed by atoms with van der Waals surface area (Å²) in [5, 5.41) is 6.34. The van der Waals surface area contributed by atoms with E-state index in [0.29, 0.717) is 16.3 Å². The number of carbonyl (C=O) groups excluding carboxylic acids is 2. The van der Waals surface area contributed by atoms with Gasteiger partial charge in [0.25, 0.3) is 5.91 Å². The Hall–Kier alpha value is -3.87. The molecule has 0 saturated heterocycles. The van der Waals surface area contributed by atoms with Crippen LogP contribution in [0.25, 0.3) is 10.8 Å². The van der Waals surface area contributed by atoms with Gasteiger partial charge in [0.15, 0.2) is 6.61 Å². The Balaban J connectivity index is 1.52. The molecule has 0 aromatic heterocycles. The number of hydrogen-bond donors (Lipinski definition) is 1. The number of fused-ring (bicyclic) bond motifs is 1. The maximum absolute atomic E-state index is 12.8. The molecular weight excluding hydrogens is 487 g/mol. The zero-order valence-corrected chi connectivity index (χ0v) is 20.1. The molecule has 1 N–H and O–H groups in total. The highest BCUT2D eigenvalue weighted by Gasteiger charge is 2.16. The molecule has 4 aromatic rings. The summed E-state index contributed by atoms with van der Waals surface area (Å²) >= 11 is 12.1. The van der Waals surface area contributed by atoms with Gasteiger partial charge in [0, 0.05) is 10.6 Å². The van der Waals surface area contributed by atoms with Crippen molar-refractivity contribution in [1.29, 1.82) is 0 Å². The summed E-state index contributed by atoms with van der Waals surface area (Å²) in [5.41, 5.74) is 4.15. The zero-order valence-electron chi connectivity index (χ0n) is 18.6. The van der Waals surface area contributed by atoms with Gasteiger partial charge in [0.2, 0.25) is 0 Å². The summed E-state index contributed by atoms with van der Waals surface area (Å²) in [4.78, 5) is 25.0. The first-order chi connectivity index (χ1) is 16.9. The van der Waals surface area contributed by atoms with E-state index in [9.17, 15) is 9.59 Å². The van der Waals surface area contributed by atoms with Crippen molar-refractivity contribution in [1.82, 2.24) is 5.43 Å². The first-order valence-electron chi connectivity index (χ1n) is 10.6. The number of hydrazone groups is 1. The highest BCUT2D eigenvalue weighted by molar-refractivity contribution is 6.36. The number of amides is 1. The van der Waals surface area contributed by atoms with Crippen LogP contribution in [0.4, 0.5) is 0 Å². The van der Waals surface area contributed by atoms with Crippen LogP contribution in [0.3, 0.4) is 0 Å². The minimum absolute atomic E-state index is 0.175. The lowest BCUT2D eigenvalue weighted by molar-refractivity contribution is -0.123. The van der Waals surface area contributed by atoms with Crippen molar-refractivity contribution in [2.75, 3.05) is 6.61 Å². The van der Waals surface area contributed by atoms with Gasteiger partial charge in [-0.2, -0.15) is 5.10 Å². The highest BCUT2D eigenvalue weighted by atomic mass is 35.5. The van der Waals surface area contributed by atoms with Crippen molar-refractivity contribution in [3.63, 3.8) is 0 Å². The maximum Gasteiger partial charge on any atom is 0.345 e. The van der Waals surface area contributed by atoms with Crippen molar-refractivity contribution >= 4 is 52.1 Å². The molecular formula is C27H20Cl2N2O4. The second kappa shape index (κ2) is 11.0. The molecule has 0 aliphatic heterocycles. The van der Waals surface area contributed by atoms with Crippen LogP contribution in [0.2, 0.25) is 10.0 Å². The van der Waals surface area contributed by atoms with Gasteiger partial charge in [-0.05, 0) is 59.7 Å². The van der Waals surface area contributed by atoms with Gasteiger partial charge < -0.3 is 9.47 Å². The third kappa shape index (κ3) is 6.18. The minimum Gasteiger partial charge on any atom is -0.484 e. The van der Waals surface area contributed by atoms with Crippen LogP contribution >= 0.6 is 23.2 Å². The molecule has 1 amide bonds. The van der Waals surface area contributed by atoms with Gasteiger partial charge in [-0.3, -0.25) is 4.79 Å². The molecule has 0 fully saturated rings. The molecule has 0 aliphatic carbocycles. The standard InChI is InChI=1S/C27H20Cl2N2O4/c1-17-5-4-7-20(13-17)34-16-26(32)31-30-15-23-21-8-3-2-6-18(21)9-12-25(23)35-27(33)22-11-10-19(28)14-24(22)29/h2-15H,16H2,1H3,(H,31,32)/b30-15-. The molecule has 0 unspecified atom stereocenters. The molecule has 0 aliphatic rings. The third-order valence-corrected chi connectivity index (χ3v) is 5.57. The van der Waals surface area contributed by atoms with Gasteiger partial charge in [-0.1, -0.05) is 65.7 Å². The number of rotatable bonds is 7. The highest BCUT2D eigenvalue weighted by Crippen LogP contribution is 2.29. The summed E-state index contributed by atoms with van der Waals surface area (Å²) in [6, 6.07) is 22.9. The number of nitrogens with zero attached hydrogens (tertiary/aromatic N) is 1. The van der Waals surface area contributed by atoms with Crippen molar-refractivity contribution < 1.29 is 19.1 Å². The van der Waals surface area contributed by atoms with Gasteiger partial charge in [-0.25, -0.2) is 10.2 Å². The lowest BCUT2D eigenvalue weighted by Crippen LogP contribution is -2.24. The van der Waals surface area contributed by atoms with E-state index in [1.165, 1.54) is 18.3 Å². The molecule has 0 saturated carbocycles. The van der Waals surface area contributed by atoms with Crippen molar-refractivity contribution in [3.8, 4) is 11.5 Å². The fraction of sp³-hybridized carbons (Fsp3) is 0.0741. The minimum atomic E-state index is -0.646. The smallest absolute Gasteiger partial charge is 0.345 e. The van der Waals surface area contributed by atoms with Crippen molar-refractivity contribution in [2.24, 2.45) is 5.10 Å². The van der Waals surface area contributed by atoms with E-state index < -0.39 is 11.9 Å². The Morgan fingerprint density at radius 3 is 2.60 bits per heavy atom. The van der Waals surface area contributed by atoms with E-state index in [1.807, 2.05) is 55.5 Å². The number of benzene rings is 4. The molecule has 0 spiro atoms. The van der Waals surface area contributed by atoms with E-state index in [-0.39, 0.29) is 22.9 Å². The fourth-order valence-electron chi connectivity index (χ4n) is 3.36. The van der Waals surface area contributed by atoms with Gasteiger partial charge in [0.05, 0.1) is 16.8 Å². The van der Waals surface area contributed by atoms with Crippen LogP contribution in [-0.2, 0) is 4.79 Å². The lowest BCUT2D eigenvalue weighted by atomic mass is 10.0. The Morgan fingerprint density at radius 2 is 1.80 bits per heavy atom. The Bertz CT molecular complexity index is 1440. The number of hydrogen-bond acceptors (Lipinski definition) is 5. The first kappa shape index (κ1) is 24.3. The normalized spacial score (nSPS) is 10.9. The monoisotopic (exact) mass is 506 g/mol. The molecule has 6 nitrogen and oxygen atoms in total. The predicted octanol–water partition coefficient (Wildman–Crippen LogP) is 6.20. The topological polar surface area (TPSA) is 77.0 Å². The van der Waals surface area contributed by atoms with Crippen molar-refractivity contribution in [2.45, 2.75) is 6.92 Å². The Labute approximate surface area is 212 Å². The van der Waals surface area contributed by atoms with Crippen LogP contribution in [0.1, 0.15) is 21.5 Å². The second-order valence-electron chi connectivity index (χ2n) is 7.61. The number of ether oxygens (including phenoxy) is 2. The molecule has 0 radical (unpaired) electrons. The lowest BCUT2D eigenvalue weighted by Gasteiger charge is -2.11. The molecule has 8 heteroatoms. The van der Waals surface area contributed by atoms with Gasteiger partial charge >= 0.3 is 5.97 Å². The van der Waals surface area contributed by atoms with Crippen LogP contribution < -0.4 is 14.9 Å². The number of aryl methyl sites for hydroxylation is 1. The van der Waals surface area contributed by atoms with E-state index in [4.69, 9.17) is 32.7 Å². The molecule has 35 heavy (non-hydrogen) atoms. The summed E-state index contributed by atoms with van der Waals surface area (Å²) in [6.45, 7) is 1.74. The molecule has 4 rings (SSSR count). The maximum atomic E-state index is 12.8. The largest absolute Gasteiger partial charge is 0.484 e. The molecule has 4 aromatic carbocycles. The average molecular weight is 507 g/mol. The van der Waals surface area contributed by atoms with Crippen LogP contribution in [0.15, 0.2) is 84.0 Å². The Morgan fingerprint density at radius 1 is 0.971 bits per heavy atom.